The number of nitrogens with two attached hydrogens (primary N) is 7. The maximum atomic E-state index is 14.3. The van der Waals surface area contributed by atoms with E-state index in [1.54, 1.807) is 27.7 Å². The summed E-state index contributed by atoms with van der Waals surface area (Å²) in [6.07, 6.45) is 4.46. The van der Waals surface area contributed by atoms with Crippen molar-refractivity contribution in [1.82, 2.24) is 63.4 Å². The Morgan fingerprint density at radius 2 is 0.928 bits per heavy atom. The lowest BCUT2D eigenvalue weighted by molar-refractivity contribution is -0.142. The summed E-state index contributed by atoms with van der Waals surface area (Å²) in [5, 5.41) is 36.9. The molecule has 1 saturated carbocycles. The SMILES string of the molecule is CC[C@H](C)[C@H](NC(=O)[C@H](CCCN=C(N)N)NC(=O)[C@H](CC(=O)O)NC(=O)[C@@H](NC(=O)[C@H](CCCN=C(N)N)NC(=O)CNC(=O)CNC(=O)[C@H](C)NC(=O)[C@H](CS)NC(=O)[C@@H](N)CCCN=C(N)N)[C@@H](C)CC)C(=O)NCC(=O)N[C@@H](C)C(=O)N(C1CCCCC1)[C@H](C=O)CS. The van der Waals surface area contributed by atoms with E-state index < -0.39 is 175 Å². The molecule has 0 bridgehead atoms. The summed E-state index contributed by atoms with van der Waals surface area (Å²) >= 11 is 8.38. The summed E-state index contributed by atoms with van der Waals surface area (Å²) in [7, 11) is 0. The van der Waals surface area contributed by atoms with Crippen molar-refractivity contribution >= 4 is 126 Å². The number of aldehydes is 1. The molecular formula is C58H104N22O15S2. The summed E-state index contributed by atoms with van der Waals surface area (Å²) in [6, 6.07) is -13.4. The predicted octanol–water partition coefficient (Wildman–Crippen LogP) is -7.10. The van der Waals surface area contributed by atoms with Crippen LogP contribution in [0.2, 0.25) is 0 Å². The van der Waals surface area contributed by atoms with Crippen molar-refractivity contribution < 1.29 is 72.2 Å². The number of hydrogen-bond donors (Lipinski definition) is 21. The number of carbonyl (C=O) groups excluding carboxylic acids is 13. The van der Waals surface area contributed by atoms with Crippen molar-refractivity contribution in [2.45, 2.75) is 198 Å². The van der Waals surface area contributed by atoms with E-state index in [0.29, 0.717) is 32.0 Å². The van der Waals surface area contributed by atoms with Crippen LogP contribution in [0.15, 0.2) is 15.0 Å². The number of carboxylic acid groups (broad SMARTS) is 1. The number of nitrogens with zero attached hydrogens (tertiary/aromatic N) is 4. The molecule has 548 valence electrons. The van der Waals surface area contributed by atoms with Crippen molar-refractivity contribution in [3.8, 4) is 0 Å². The van der Waals surface area contributed by atoms with Crippen molar-refractivity contribution in [3.63, 3.8) is 0 Å². The Balaban J connectivity index is 3.29. The minimum atomic E-state index is -1.92. The van der Waals surface area contributed by atoms with Crippen LogP contribution in [0.25, 0.3) is 0 Å². The molecular weight excluding hydrogens is 1310 g/mol. The first-order chi connectivity index (χ1) is 45.7. The zero-order valence-electron chi connectivity index (χ0n) is 56.0. The maximum absolute atomic E-state index is 14.3. The smallest absolute Gasteiger partial charge is 0.305 e. The van der Waals surface area contributed by atoms with Gasteiger partial charge in [-0.25, -0.2) is 0 Å². The van der Waals surface area contributed by atoms with Crippen LogP contribution in [0.5, 0.6) is 0 Å². The van der Waals surface area contributed by atoms with Gasteiger partial charge in [0.05, 0.1) is 38.1 Å². The number of thiol groups is 2. The third kappa shape index (κ3) is 33.7. The molecule has 97 heavy (non-hydrogen) atoms. The molecule has 0 aromatic heterocycles. The molecule has 0 unspecified atom stereocenters. The monoisotopic (exact) mass is 1410 g/mol. The second kappa shape index (κ2) is 46.4. The molecule has 1 aliphatic rings. The molecule has 1 rings (SSSR count). The standard InChI is InChI=1S/C58H104N22O15S2/c1-7-30(3)45(53(93)71-26-42(83)72-33(6)55(95)80(35(27-81)28-96)34-15-10-9-11-16-34)78-50(90)38(19-14-22-68-58(64)65)75-51(91)39(23-44(85)86)76-54(94)46(31(4)8-2)79-49(89)37(18-13-21-67-57(62)63)74-43(84)25-69-41(82)24-70-47(87)32(5)73-52(92)40(29-97)77-48(88)36(59)17-12-20-66-56(60)61/h27,30-40,45-46,96-97H,7-26,28-29,59H2,1-6H3,(H,69,82)(H,70,87)(H,71,93)(H,72,83)(H,73,92)(H,74,84)(H,75,91)(H,76,94)(H,77,88)(H,78,90)(H,79,89)(H,85,86)(H4,60,61,66)(H4,62,63,67)(H4,64,65,68)/t30-,31-,32-,33-,35+,36-,37-,38-,39-,40-,45-,46-/m0/s1. The van der Waals surface area contributed by atoms with Gasteiger partial charge in [-0.3, -0.25) is 77.3 Å². The van der Waals surface area contributed by atoms with E-state index in [-0.39, 0.29) is 93.6 Å². The quantitative estimate of drug-likeness (QED) is 0.00885. The third-order valence-corrected chi connectivity index (χ3v) is 16.3. The van der Waals surface area contributed by atoms with Crippen LogP contribution in [0.4, 0.5) is 0 Å². The van der Waals surface area contributed by atoms with Gasteiger partial charge in [-0.2, -0.15) is 25.3 Å². The minimum Gasteiger partial charge on any atom is -0.481 e. The fourth-order valence-corrected chi connectivity index (χ4v) is 10.2. The number of carbonyl (C=O) groups is 14. The van der Waals surface area contributed by atoms with Crippen molar-refractivity contribution in [2.75, 3.05) is 50.8 Å². The minimum absolute atomic E-state index is 0.0245. The van der Waals surface area contributed by atoms with Gasteiger partial charge in [-0.1, -0.05) is 59.8 Å². The molecule has 0 aliphatic heterocycles. The molecule has 26 N–H and O–H groups in total. The number of nitrogens with one attached hydrogen (secondary N) is 11. The van der Waals surface area contributed by atoms with E-state index in [1.165, 1.54) is 18.7 Å². The van der Waals surface area contributed by atoms with Crippen LogP contribution in [-0.4, -0.2) is 228 Å². The normalized spacial score (nSPS) is 15.7. The van der Waals surface area contributed by atoms with Gasteiger partial charge in [0.25, 0.3) is 0 Å². The number of carboxylic acids is 1. The Bertz CT molecular complexity index is 2750. The van der Waals surface area contributed by atoms with Gasteiger partial charge in [0.15, 0.2) is 17.9 Å². The summed E-state index contributed by atoms with van der Waals surface area (Å²) in [5.41, 5.74) is 38.5. The number of aliphatic carboxylic acids is 1. The van der Waals surface area contributed by atoms with Gasteiger partial charge < -0.3 is 113 Å². The van der Waals surface area contributed by atoms with Crippen LogP contribution in [0.3, 0.4) is 0 Å². The molecule has 1 aliphatic carbocycles. The lowest BCUT2D eigenvalue weighted by Gasteiger charge is -2.39. The number of guanidine groups is 3. The summed E-state index contributed by atoms with van der Waals surface area (Å²) in [4.78, 5) is 200. The first-order valence-corrected chi connectivity index (χ1v) is 33.4. The van der Waals surface area contributed by atoms with Crippen molar-refractivity contribution in [3.05, 3.63) is 0 Å². The number of rotatable bonds is 46. The number of amides is 12. The molecule has 0 heterocycles. The van der Waals surface area contributed by atoms with Crippen LogP contribution < -0.4 is 98.6 Å². The van der Waals surface area contributed by atoms with E-state index in [9.17, 15) is 72.2 Å². The summed E-state index contributed by atoms with van der Waals surface area (Å²) < 4.78 is 0. The van der Waals surface area contributed by atoms with Gasteiger partial charge in [-0.15, -0.1) is 0 Å². The molecule has 12 amide bonds. The maximum Gasteiger partial charge on any atom is 0.305 e. The fraction of sp³-hybridized carbons (Fsp3) is 0.707. The molecule has 39 heteroatoms. The second-order valence-electron chi connectivity index (χ2n) is 23.4. The average Bonchev–Trinajstić information content (AvgIpc) is 0.859. The molecule has 0 aromatic rings. The highest BCUT2D eigenvalue weighted by Crippen LogP contribution is 2.25. The van der Waals surface area contributed by atoms with E-state index in [2.05, 4.69) is 98.7 Å². The lowest BCUT2D eigenvalue weighted by Crippen LogP contribution is -2.61. The van der Waals surface area contributed by atoms with Crippen molar-refractivity contribution in [1.29, 1.82) is 0 Å². The van der Waals surface area contributed by atoms with Crippen LogP contribution >= 0.6 is 25.3 Å². The van der Waals surface area contributed by atoms with Gasteiger partial charge in [0, 0.05) is 37.2 Å². The van der Waals surface area contributed by atoms with Gasteiger partial charge in [-0.05, 0) is 77.0 Å². The van der Waals surface area contributed by atoms with Gasteiger partial charge >= 0.3 is 5.97 Å². The number of aliphatic imine (C=N–C) groups is 3. The highest BCUT2D eigenvalue weighted by molar-refractivity contribution is 7.80. The summed E-state index contributed by atoms with van der Waals surface area (Å²) in [5.74, 6) is -14.0. The highest BCUT2D eigenvalue weighted by Gasteiger charge is 2.38. The Hall–Kier alpha value is -8.75. The van der Waals surface area contributed by atoms with Crippen LogP contribution in [-0.2, 0) is 67.1 Å². The molecule has 12 atom stereocenters. The lowest BCUT2D eigenvalue weighted by atomic mass is 9.93. The third-order valence-electron chi connectivity index (χ3n) is 15.6. The molecule has 0 saturated heterocycles. The zero-order chi connectivity index (χ0) is 73.5. The largest absolute Gasteiger partial charge is 0.481 e. The fourth-order valence-electron chi connectivity index (χ4n) is 9.71. The molecule has 1 fully saturated rings. The second-order valence-corrected chi connectivity index (χ2v) is 24.2. The zero-order valence-corrected chi connectivity index (χ0v) is 57.8. The Morgan fingerprint density at radius 1 is 0.495 bits per heavy atom. The van der Waals surface area contributed by atoms with E-state index in [4.69, 9.17) is 40.1 Å². The molecule has 0 aromatic carbocycles. The Kier molecular flexibility index (Phi) is 41.3. The topological polar surface area (TPSA) is 614 Å². The van der Waals surface area contributed by atoms with Crippen molar-refractivity contribution in [2.24, 2.45) is 66.9 Å². The summed E-state index contributed by atoms with van der Waals surface area (Å²) in [6.45, 7) is 7.40. The van der Waals surface area contributed by atoms with Gasteiger partial charge in [0.2, 0.25) is 70.9 Å². The van der Waals surface area contributed by atoms with Crippen LogP contribution in [0, 0.1) is 11.8 Å². The van der Waals surface area contributed by atoms with Crippen LogP contribution in [0.1, 0.15) is 131 Å². The molecule has 0 spiro atoms. The first kappa shape index (κ1) is 86.3. The first-order valence-electron chi connectivity index (χ1n) is 32.1. The highest BCUT2D eigenvalue weighted by atomic mass is 32.1. The van der Waals surface area contributed by atoms with E-state index >= 15 is 0 Å². The number of hydrogen-bond acceptors (Lipinski definition) is 20. The predicted molar refractivity (Wildman–Crippen MR) is 366 cm³/mol. The molecule has 0 radical (unpaired) electrons. The molecule has 37 nitrogen and oxygen atoms in total. The van der Waals surface area contributed by atoms with Gasteiger partial charge in [0.1, 0.15) is 54.6 Å². The van der Waals surface area contributed by atoms with E-state index in [0.717, 1.165) is 19.3 Å². The Labute approximate surface area is 575 Å². The Morgan fingerprint density at radius 3 is 1.41 bits per heavy atom. The van der Waals surface area contributed by atoms with E-state index in [1.807, 2.05) is 0 Å². The average molecular weight is 1410 g/mol.